The molecule has 0 aliphatic rings. The zero-order valence-corrected chi connectivity index (χ0v) is 44.5. The molecule has 0 aliphatic heterocycles. The highest BCUT2D eigenvalue weighted by molar-refractivity contribution is 5.71. The van der Waals surface area contributed by atoms with Crippen LogP contribution in [0.15, 0.2) is 122 Å². The number of rotatable bonds is 49. The smallest absolute Gasteiger partial charge is 0.306 e. The molecule has 6 nitrogen and oxygen atoms in total. The normalized spacial score (nSPS) is 13.0. The van der Waals surface area contributed by atoms with E-state index in [-0.39, 0.29) is 50.4 Å². The van der Waals surface area contributed by atoms with Crippen LogP contribution in [0, 0.1) is 0 Å². The van der Waals surface area contributed by atoms with Gasteiger partial charge < -0.3 is 14.2 Å². The third kappa shape index (κ3) is 54.6. The van der Waals surface area contributed by atoms with Gasteiger partial charge in [-0.3, -0.25) is 14.4 Å². The fourth-order valence-corrected chi connectivity index (χ4v) is 7.24. The molecule has 0 aliphatic carbocycles. The zero-order chi connectivity index (χ0) is 50.0. The highest BCUT2D eigenvalue weighted by Crippen LogP contribution is 2.13. The summed E-state index contributed by atoms with van der Waals surface area (Å²) in [5.74, 6) is -1.08. The van der Waals surface area contributed by atoms with E-state index >= 15 is 0 Å². The second kappa shape index (κ2) is 56.4. The van der Waals surface area contributed by atoms with E-state index in [2.05, 4.69) is 130 Å². The van der Waals surface area contributed by atoms with Gasteiger partial charge in [-0.05, 0) is 116 Å². The fourth-order valence-electron chi connectivity index (χ4n) is 7.24. The molecule has 0 unspecified atom stereocenters. The second-order valence-electron chi connectivity index (χ2n) is 18.1. The van der Waals surface area contributed by atoms with Crippen molar-refractivity contribution in [3.05, 3.63) is 122 Å². The Hall–Kier alpha value is -4.19. The second-order valence-corrected chi connectivity index (χ2v) is 18.1. The van der Waals surface area contributed by atoms with Crippen molar-refractivity contribution in [2.24, 2.45) is 0 Å². The Morgan fingerprint density at radius 1 is 0.304 bits per heavy atom. The Morgan fingerprint density at radius 3 is 1.03 bits per heavy atom. The summed E-state index contributed by atoms with van der Waals surface area (Å²) in [4.78, 5) is 38.1. The van der Waals surface area contributed by atoms with E-state index < -0.39 is 6.10 Å². The zero-order valence-electron chi connectivity index (χ0n) is 44.5. The van der Waals surface area contributed by atoms with Crippen LogP contribution in [0.4, 0.5) is 0 Å². The molecule has 0 heterocycles. The number of carbonyl (C=O) groups excluding carboxylic acids is 3. The minimum Gasteiger partial charge on any atom is -0.462 e. The highest BCUT2D eigenvalue weighted by Gasteiger charge is 2.19. The van der Waals surface area contributed by atoms with Crippen LogP contribution in [0.25, 0.3) is 0 Å². The number of ether oxygens (including phenoxy) is 3. The maximum Gasteiger partial charge on any atom is 0.306 e. The molecule has 0 aromatic rings. The van der Waals surface area contributed by atoms with Crippen LogP contribution in [-0.2, 0) is 28.6 Å². The van der Waals surface area contributed by atoms with Crippen LogP contribution < -0.4 is 0 Å². The minimum atomic E-state index is -0.837. The molecule has 0 N–H and O–H groups in total. The van der Waals surface area contributed by atoms with Gasteiger partial charge in [-0.1, -0.05) is 226 Å². The van der Waals surface area contributed by atoms with Gasteiger partial charge in [0.05, 0.1) is 0 Å². The Morgan fingerprint density at radius 2 is 0.609 bits per heavy atom. The lowest BCUT2D eigenvalue weighted by Crippen LogP contribution is -2.30. The number of carbonyl (C=O) groups is 3. The van der Waals surface area contributed by atoms with E-state index in [1.807, 2.05) is 12.2 Å². The first kappa shape index (κ1) is 64.8. The molecule has 0 fully saturated rings. The van der Waals surface area contributed by atoms with Gasteiger partial charge >= 0.3 is 17.9 Å². The van der Waals surface area contributed by atoms with Crippen molar-refractivity contribution < 1.29 is 28.6 Å². The van der Waals surface area contributed by atoms with Crippen LogP contribution in [0.1, 0.15) is 239 Å². The third-order valence-electron chi connectivity index (χ3n) is 11.4. The van der Waals surface area contributed by atoms with Crippen molar-refractivity contribution in [3.63, 3.8) is 0 Å². The number of allylic oxidation sites excluding steroid dienone is 20. The van der Waals surface area contributed by atoms with Gasteiger partial charge in [0.15, 0.2) is 6.10 Å². The standard InChI is InChI=1S/C63H102O6/c1-4-7-10-13-16-19-22-25-28-30-31-33-36-38-41-44-47-50-53-56-62(65)68-59-60(69-63(66)57-54-51-48-45-42-39-34-27-24-21-18-15-12-9-6-3)58-67-61(64)55-52-49-46-43-40-37-35-32-29-26-23-20-17-14-11-8-5-2/h7,10,16,19,25-29,31,33-35,37-38,41,43,46-47,50,60H,4-6,8-9,11-15,17-18,20-24,30,32,36,39-40,42,44-45,48-49,51-59H2,1-3H3/b10-7-,19-16-,28-25-,29-26-,33-31-,34-27-,37-35-,41-38-,46-43-,50-47-/t60-/m0/s1. The molecule has 0 spiro atoms. The summed E-state index contributed by atoms with van der Waals surface area (Å²) in [7, 11) is 0. The average molecular weight is 956 g/mol. The molecule has 6 heteroatoms. The largest absolute Gasteiger partial charge is 0.462 e. The predicted molar refractivity (Wildman–Crippen MR) is 297 cm³/mol. The Balaban J connectivity index is 4.60. The molecule has 1 atom stereocenters. The monoisotopic (exact) mass is 955 g/mol. The molecule has 0 rings (SSSR count). The summed E-state index contributed by atoms with van der Waals surface area (Å²) in [6, 6.07) is 0. The van der Waals surface area contributed by atoms with Gasteiger partial charge in [0.2, 0.25) is 0 Å². The SMILES string of the molecule is CC/C=C\C/C=C\C/C=C\C/C=C\C/C=C\C/C=C\CCC(=O)OC[C@H](COC(=O)CCC/C=C\C/C=C\C/C=C\CCCCCCCC)OC(=O)CCCCCCC/C=C\CCCCCCCC. The summed E-state index contributed by atoms with van der Waals surface area (Å²) < 4.78 is 16.7. The van der Waals surface area contributed by atoms with Gasteiger partial charge in [0.25, 0.3) is 0 Å². The van der Waals surface area contributed by atoms with Crippen molar-refractivity contribution in [1.82, 2.24) is 0 Å². The van der Waals surface area contributed by atoms with Crippen molar-refractivity contribution in [1.29, 1.82) is 0 Å². The number of esters is 3. The minimum absolute atomic E-state index is 0.134. The molecule has 0 saturated carbocycles. The molecule has 390 valence electrons. The molecule has 0 aromatic carbocycles. The summed E-state index contributed by atoms with van der Waals surface area (Å²) in [6.45, 7) is 6.39. The summed E-state index contributed by atoms with van der Waals surface area (Å²) in [6.07, 6.45) is 77.7. The quantitative estimate of drug-likeness (QED) is 0.0262. The van der Waals surface area contributed by atoms with Crippen LogP contribution in [-0.4, -0.2) is 37.2 Å². The van der Waals surface area contributed by atoms with Gasteiger partial charge in [-0.15, -0.1) is 0 Å². The van der Waals surface area contributed by atoms with Crippen LogP contribution in [0.5, 0.6) is 0 Å². The lowest BCUT2D eigenvalue weighted by atomic mass is 10.1. The van der Waals surface area contributed by atoms with E-state index in [1.54, 1.807) is 0 Å². The summed E-state index contributed by atoms with van der Waals surface area (Å²) in [5, 5.41) is 0. The lowest BCUT2D eigenvalue weighted by Gasteiger charge is -2.18. The predicted octanol–water partition coefficient (Wildman–Crippen LogP) is 18.9. The Labute approximate surface area is 424 Å². The third-order valence-corrected chi connectivity index (χ3v) is 11.4. The number of hydrogen-bond donors (Lipinski definition) is 0. The van der Waals surface area contributed by atoms with Crippen molar-refractivity contribution >= 4 is 17.9 Å². The number of unbranched alkanes of at least 4 members (excludes halogenated alkanes) is 18. The molecule has 0 saturated heterocycles. The van der Waals surface area contributed by atoms with E-state index in [0.717, 1.165) is 89.9 Å². The number of hydrogen-bond acceptors (Lipinski definition) is 6. The maximum absolute atomic E-state index is 12.8. The van der Waals surface area contributed by atoms with Crippen LogP contribution in [0.2, 0.25) is 0 Å². The van der Waals surface area contributed by atoms with Gasteiger partial charge in [-0.25, -0.2) is 0 Å². The molecular weight excluding hydrogens is 853 g/mol. The van der Waals surface area contributed by atoms with Crippen molar-refractivity contribution in [3.8, 4) is 0 Å². The lowest BCUT2D eigenvalue weighted by molar-refractivity contribution is -0.166. The van der Waals surface area contributed by atoms with Gasteiger partial charge in [0.1, 0.15) is 13.2 Å². The first-order valence-corrected chi connectivity index (χ1v) is 28.0. The van der Waals surface area contributed by atoms with Crippen LogP contribution >= 0.6 is 0 Å². The van der Waals surface area contributed by atoms with E-state index in [0.29, 0.717) is 12.8 Å². The highest BCUT2D eigenvalue weighted by atomic mass is 16.6. The molecule has 0 radical (unpaired) electrons. The van der Waals surface area contributed by atoms with E-state index in [1.165, 1.54) is 96.3 Å². The summed E-state index contributed by atoms with van der Waals surface area (Å²) >= 11 is 0. The van der Waals surface area contributed by atoms with Crippen molar-refractivity contribution in [2.45, 2.75) is 245 Å². The Bertz CT molecular complexity index is 1470. The van der Waals surface area contributed by atoms with Crippen LogP contribution in [0.3, 0.4) is 0 Å². The topological polar surface area (TPSA) is 78.9 Å². The molecule has 0 aromatic heterocycles. The Kier molecular flexibility index (Phi) is 53.0. The van der Waals surface area contributed by atoms with E-state index in [4.69, 9.17) is 14.2 Å². The van der Waals surface area contributed by atoms with E-state index in [9.17, 15) is 14.4 Å². The molecular formula is C63H102O6. The first-order valence-electron chi connectivity index (χ1n) is 28.0. The first-order chi connectivity index (χ1) is 34.0. The molecule has 0 amide bonds. The molecule has 0 bridgehead atoms. The van der Waals surface area contributed by atoms with Gasteiger partial charge in [-0.2, -0.15) is 0 Å². The summed E-state index contributed by atoms with van der Waals surface area (Å²) in [5.41, 5.74) is 0. The average Bonchev–Trinajstić information content (AvgIpc) is 3.35. The fraction of sp³-hybridized carbons (Fsp3) is 0.635. The van der Waals surface area contributed by atoms with Gasteiger partial charge in [0, 0.05) is 19.3 Å². The van der Waals surface area contributed by atoms with Crippen molar-refractivity contribution in [2.75, 3.05) is 13.2 Å². The maximum atomic E-state index is 12.8. The molecule has 69 heavy (non-hydrogen) atoms.